The molecule has 0 bridgehead atoms. The average molecular weight is 236 g/mol. The lowest BCUT2D eigenvalue weighted by molar-refractivity contribution is 0.639. The molecule has 16 heavy (non-hydrogen) atoms. The van der Waals surface area contributed by atoms with Gasteiger partial charge in [0.05, 0.1) is 0 Å². The Morgan fingerprint density at radius 3 is 2.81 bits per heavy atom. The molecule has 2 heteroatoms. The van der Waals surface area contributed by atoms with Crippen molar-refractivity contribution < 1.29 is 0 Å². The quantitative estimate of drug-likeness (QED) is 0.784. The number of nitrogens with one attached hydrogen (secondary N) is 1. The molecule has 86 valence electrons. The zero-order valence-electron chi connectivity index (χ0n) is 9.56. The van der Waals surface area contributed by atoms with E-state index in [-0.39, 0.29) is 0 Å². The second-order valence-electron chi connectivity index (χ2n) is 5.00. The normalized spacial score (nSPS) is 24.4. The van der Waals surface area contributed by atoms with E-state index in [0.29, 0.717) is 6.04 Å². The van der Waals surface area contributed by atoms with Crippen LogP contribution >= 0.6 is 11.6 Å². The van der Waals surface area contributed by atoms with E-state index in [1.165, 1.54) is 55.2 Å². The summed E-state index contributed by atoms with van der Waals surface area (Å²) in [6.07, 6.45) is 7.56. The van der Waals surface area contributed by atoms with Crippen molar-refractivity contribution >= 4 is 11.6 Å². The Kier molecular flexibility index (Phi) is 2.91. The molecule has 1 aliphatic carbocycles. The Morgan fingerprint density at radius 2 is 2.00 bits per heavy atom. The van der Waals surface area contributed by atoms with Gasteiger partial charge in [0.1, 0.15) is 0 Å². The molecule has 1 fully saturated rings. The molecule has 1 aliphatic heterocycles. The highest BCUT2D eigenvalue weighted by atomic mass is 35.5. The minimum absolute atomic E-state index is 0.546. The first kappa shape index (κ1) is 10.6. The maximum absolute atomic E-state index is 6.40. The maximum Gasteiger partial charge on any atom is 0.0444 e. The zero-order valence-corrected chi connectivity index (χ0v) is 10.3. The van der Waals surface area contributed by atoms with Gasteiger partial charge >= 0.3 is 0 Å². The Morgan fingerprint density at radius 1 is 1.12 bits per heavy atom. The molecule has 0 spiro atoms. The van der Waals surface area contributed by atoms with Gasteiger partial charge < -0.3 is 5.32 Å². The van der Waals surface area contributed by atoms with Gasteiger partial charge in [-0.05, 0) is 67.8 Å². The van der Waals surface area contributed by atoms with Gasteiger partial charge in [-0.2, -0.15) is 0 Å². The van der Waals surface area contributed by atoms with Crippen LogP contribution in [0, 0.1) is 0 Å². The van der Waals surface area contributed by atoms with Gasteiger partial charge in [0, 0.05) is 11.1 Å². The standard InChI is InChI=1S/C14H18ClN/c15-13-9-11(14-6-3-7-16-14)8-10-4-1-2-5-12(10)13/h8-9,14,16H,1-7H2/t14-/m0/s1. The number of hydrogen-bond acceptors (Lipinski definition) is 1. The molecule has 0 amide bonds. The molecule has 1 saturated heterocycles. The van der Waals surface area contributed by atoms with Crippen molar-refractivity contribution in [2.24, 2.45) is 0 Å². The molecular formula is C14H18ClN. The lowest BCUT2D eigenvalue weighted by Gasteiger charge is -2.20. The summed E-state index contributed by atoms with van der Waals surface area (Å²) in [7, 11) is 0. The van der Waals surface area contributed by atoms with Gasteiger partial charge in [0.25, 0.3) is 0 Å². The highest BCUT2D eigenvalue weighted by Gasteiger charge is 2.20. The first-order valence-electron chi connectivity index (χ1n) is 6.39. The summed E-state index contributed by atoms with van der Waals surface area (Å²) in [4.78, 5) is 0. The van der Waals surface area contributed by atoms with Crippen LogP contribution in [0.1, 0.15) is 48.4 Å². The van der Waals surface area contributed by atoms with Crippen molar-refractivity contribution in [3.63, 3.8) is 0 Å². The van der Waals surface area contributed by atoms with Crippen molar-refractivity contribution in [1.82, 2.24) is 5.32 Å². The summed E-state index contributed by atoms with van der Waals surface area (Å²) < 4.78 is 0. The van der Waals surface area contributed by atoms with E-state index in [9.17, 15) is 0 Å². The van der Waals surface area contributed by atoms with Crippen molar-refractivity contribution in [3.8, 4) is 0 Å². The number of rotatable bonds is 1. The van der Waals surface area contributed by atoms with Crippen molar-refractivity contribution in [2.75, 3.05) is 6.54 Å². The molecule has 1 aromatic carbocycles. The first-order valence-corrected chi connectivity index (χ1v) is 6.77. The molecule has 3 rings (SSSR count). The number of benzene rings is 1. The van der Waals surface area contributed by atoms with Crippen molar-refractivity contribution in [1.29, 1.82) is 0 Å². The predicted octanol–water partition coefficient (Wildman–Crippen LogP) is 3.64. The molecule has 1 aromatic rings. The van der Waals surface area contributed by atoms with Crippen LogP contribution in [0.15, 0.2) is 12.1 Å². The van der Waals surface area contributed by atoms with Gasteiger partial charge in [-0.3, -0.25) is 0 Å². The monoisotopic (exact) mass is 235 g/mol. The number of fused-ring (bicyclic) bond motifs is 1. The molecule has 1 N–H and O–H groups in total. The topological polar surface area (TPSA) is 12.0 Å². The van der Waals surface area contributed by atoms with Crippen molar-refractivity contribution in [2.45, 2.75) is 44.6 Å². The van der Waals surface area contributed by atoms with Crippen LogP contribution in [0.4, 0.5) is 0 Å². The summed E-state index contributed by atoms with van der Waals surface area (Å²) in [6.45, 7) is 1.15. The van der Waals surface area contributed by atoms with Gasteiger partial charge in [-0.1, -0.05) is 17.7 Å². The first-order chi connectivity index (χ1) is 7.84. The third-order valence-electron chi connectivity index (χ3n) is 3.90. The van der Waals surface area contributed by atoms with E-state index in [0.717, 1.165) is 11.6 Å². The molecule has 0 radical (unpaired) electrons. The summed E-state index contributed by atoms with van der Waals surface area (Å²) in [5.41, 5.74) is 4.32. The van der Waals surface area contributed by atoms with Crippen LogP contribution in [0.5, 0.6) is 0 Å². The number of aryl methyl sites for hydroxylation is 1. The fourth-order valence-electron chi connectivity index (χ4n) is 3.01. The van der Waals surface area contributed by atoms with E-state index in [1.807, 2.05) is 0 Å². The molecule has 0 unspecified atom stereocenters. The third-order valence-corrected chi connectivity index (χ3v) is 4.23. The predicted molar refractivity (Wildman–Crippen MR) is 68.1 cm³/mol. The second-order valence-corrected chi connectivity index (χ2v) is 5.40. The fraction of sp³-hybridized carbons (Fsp3) is 0.571. The molecular weight excluding hydrogens is 218 g/mol. The van der Waals surface area contributed by atoms with Crippen LogP contribution in [0.3, 0.4) is 0 Å². The van der Waals surface area contributed by atoms with Crippen LogP contribution < -0.4 is 5.32 Å². The Bertz CT molecular complexity index is 394. The summed E-state index contributed by atoms with van der Waals surface area (Å²) in [5, 5.41) is 4.55. The maximum atomic E-state index is 6.40. The van der Waals surface area contributed by atoms with E-state index >= 15 is 0 Å². The SMILES string of the molecule is Clc1cc([C@@H]2CCCN2)cc2c1CCCC2. The Hall–Kier alpha value is -0.530. The van der Waals surface area contributed by atoms with Crippen LogP contribution in [-0.2, 0) is 12.8 Å². The molecule has 1 heterocycles. The minimum Gasteiger partial charge on any atom is -0.310 e. The smallest absolute Gasteiger partial charge is 0.0444 e. The Labute approximate surface area is 102 Å². The van der Waals surface area contributed by atoms with E-state index < -0.39 is 0 Å². The molecule has 1 atom stereocenters. The van der Waals surface area contributed by atoms with Crippen LogP contribution in [-0.4, -0.2) is 6.54 Å². The zero-order chi connectivity index (χ0) is 11.0. The van der Waals surface area contributed by atoms with Gasteiger partial charge in [-0.15, -0.1) is 0 Å². The molecule has 1 nitrogen and oxygen atoms in total. The van der Waals surface area contributed by atoms with Crippen LogP contribution in [0.2, 0.25) is 5.02 Å². The van der Waals surface area contributed by atoms with E-state index in [4.69, 9.17) is 11.6 Å². The average Bonchev–Trinajstić information content (AvgIpc) is 2.82. The van der Waals surface area contributed by atoms with E-state index in [2.05, 4.69) is 17.4 Å². The summed E-state index contributed by atoms with van der Waals surface area (Å²) >= 11 is 6.40. The van der Waals surface area contributed by atoms with E-state index in [1.54, 1.807) is 0 Å². The number of halogens is 1. The van der Waals surface area contributed by atoms with Gasteiger partial charge in [0.2, 0.25) is 0 Å². The highest BCUT2D eigenvalue weighted by molar-refractivity contribution is 6.31. The van der Waals surface area contributed by atoms with Crippen molar-refractivity contribution in [3.05, 3.63) is 33.8 Å². The largest absolute Gasteiger partial charge is 0.310 e. The fourth-order valence-corrected chi connectivity index (χ4v) is 3.35. The van der Waals surface area contributed by atoms with Gasteiger partial charge in [-0.25, -0.2) is 0 Å². The molecule has 0 saturated carbocycles. The molecule has 0 aromatic heterocycles. The highest BCUT2D eigenvalue weighted by Crippen LogP contribution is 2.33. The summed E-state index contributed by atoms with van der Waals surface area (Å²) in [5.74, 6) is 0. The Balaban J connectivity index is 1.97. The lowest BCUT2D eigenvalue weighted by atomic mass is 9.89. The minimum atomic E-state index is 0.546. The lowest BCUT2D eigenvalue weighted by Crippen LogP contribution is -2.14. The second kappa shape index (κ2) is 4.38. The van der Waals surface area contributed by atoms with Gasteiger partial charge in [0.15, 0.2) is 0 Å². The molecule has 2 aliphatic rings. The summed E-state index contributed by atoms with van der Waals surface area (Å²) in [6, 6.07) is 5.13. The number of hydrogen-bond donors (Lipinski definition) is 1. The third kappa shape index (κ3) is 1.87. The van der Waals surface area contributed by atoms with Crippen LogP contribution in [0.25, 0.3) is 0 Å².